The molecule has 0 spiro atoms. The number of halogens is 4. The molecule has 0 saturated heterocycles. The van der Waals surface area contributed by atoms with E-state index in [0.717, 1.165) is 15.8 Å². The van der Waals surface area contributed by atoms with Gasteiger partial charge in [-0.25, -0.2) is 4.39 Å². The maximum absolute atomic E-state index is 13.2. The first-order valence-corrected chi connectivity index (χ1v) is 6.50. The van der Waals surface area contributed by atoms with Crippen LogP contribution in [0.15, 0.2) is 24.3 Å². The zero-order chi connectivity index (χ0) is 15.1. The maximum Gasteiger partial charge on any atom is 0.419 e. The second-order valence-electron chi connectivity index (χ2n) is 4.35. The molecule has 0 aliphatic rings. The summed E-state index contributed by atoms with van der Waals surface area (Å²) >= 11 is 1.39. The molecule has 2 rings (SSSR count). The number of hydrogen-bond donors (Lipinski definition) is 0. The zero-order valence-corrected chi connectivity index (χ0v) is 11.5. The topological polar surface area (TPSA) is 17.1 Å². The molecule has 1 nitrogen and oxygen atoms in total. The third-order valence-electron chi connectivity index (χ3n) is 2.82. The lowest BCUT2D eigenvalue weighted by atomic mass is 10.0. The SMILES string of the molecule is Cc1cc(C(=O)c2ccc(F)c(C(F)(F)F)c2)c(C)s1. The molecule has 0 amide bonds. The van der Waals surface area contributed by atoms with E-state index in [0.29, 0.717) is 17.7 Å². The quantitative estimate of drug-likeness (QED) is 0.578. The molecule has 6 heteroatoms. The van der Waals surface area contributed by atoms with Crippen molar-refractivity contribution in [3.05, 3.63) is 56.5 Å². The first-order valence-electron chi connectivity index (χ1n) is 5.68. The molecule has 106 valence electrons. The van der Waals surface area contributed by atoms with Gasteiger partial charge >= 0.3 is 6.18 Å². The largest absolute Gasteiger partial charge is 0.419 e. The molecule has 1 aromatic heterocycles. The first kappa shape index (κ1) is 14.7. The van der Waals surface area contributed by atoms with Gasteiger partial charge in [-0.1, -0.05) is 0 Å². The smallest absolute Gasteiger partial charge is 0.289 e. The van der Waals surface area contributed by atoms with Gasteiger partial charge < -0.3 is 0 Å². The third-order valence-corrected chi connectivity index (χ3v) is 3.79. The number of alkyl halides is 3. The standard InChI is InChI=1S/C14H10F4OS/c1-7-5-10(8(2)20-7)13(19)9-3-4-12(15)11(6-9)14(16,17)18/h3-6H,1-2H3. The summed E-state index contributed by atoms with van der Waals surface area (Å²) in [5.74, 6) is -1.91. The molecule has 0 aliphatic heterocycles. The number of aryl methyl sites for hydroxylation is 2. The van der Waals surface area contributed by atoms with Gasteiger partial charge in [-0.05, 0) is 38.1 Å². The third kappa shape index (κ3) is 2.75. The van der Waals surface area contributed by atoms with Crippen LogP contribution in [0.1, 0.15) is 31.2 Å². The Balaban J connectivity index is 2.49. The van der Waals surface area contributed by atoms with Gasteiger partial charge in [0.05, 0.1) is 5.56 Å². The number of carbonyl (C=O) groups is 1. The number of benzene rings is 1. The summed E-state index contributed by atoms with van der Waals surface area (Å²) in [5, 5.41) is 0. The summed E-state index contributed by atoms with van der Waals surface area (Å²) < 4.78 is 51.1. The van der Waals surface area contributed by atoms with Crippen LogP contribution in [0, 0.1) is 19.7 Å². The lowest BCUT2D eigenvalue weighted by Crippen LogP contribution is -2.11. The molecule has 2 aromatic rings. The second kappa shape index (κ2) is 5.01. The van der Waals surface area contributed by atoms with Crippen molar-refractivity contribution < 1.29 is 22.4 Å². The van der Waals surface area contributed by atoms with Crippen molar-refractivity contribution in [2.75, 3.05) is 0 Å². The van der Waals surface area contributed by atoms with Crippen molar-refractivity contribution in [2.24, 2.45) is 0 Å². The van der Waals surface area contributed by atoms with Crippen LogP contribution in [0.4, 0.5) is 17.6 Å². The Bertz CT molecular complexity index is 670. The Morgan fingerprint density at radius 3 is 2.30 bits per heavy atom. The van der Waals surface area contributed by atoms with E-state index in [1.165, 1.54) is 11.3 Å². The van der Waals surface area contributed by atoms with Crippen molar-refractivity contribution in [1.29, 1.82) is 0 Å². The second-order valence-corrected chi connectivity index (χ2v) is 5.81. The van der Waals surface area contributed by atoms with E-state index < -0.39 is 23.3 Å². The van der Waals surface area contributed by atoms with Gasteiger partial charge in [-0.3, -0.25) is 4.79 Å². The highest BCUT2D eigenvalue weighted by Gasteiger charge is 2.34. The fourth-order valence-electron chi connectivity index (χ4n) is 1.90. The summed E-state index contributed by atoms with van der Waals surface area (Å²) in [6.45, 7) is 3.53. The van der Waals surface area contributed by atoms with Crippen molar-refractivity contribution in [1.82, 2.24) is 0 Å². The fourth-order valence-corrected chi connectivity index (χ4v) is 2.82. The highest BCUT2D eigenvalue weighted by atomic mass is 32.1. The molecule has 0 fully saturated rings. The number of thiophene rings is 1. The molecule has 0 atom stereocenters. The Hall–Kier alpha value is -1.69. The molecule has 0 radical (unpaired) electrons. The number of carbonyl (C=O) groups excluding carboxylic acids is 1. The maximum atomic E-state index is 13.2. The molecular weight excluding hydrogens is 292 g/mol. The molecule has 0 aliphatic carbocycles. The van der Waals surface area contributed by atoms with Crippen LogP contribution in [0.3, 0.4) is 0 Å². The highest BCUT2D eigenvalue weighted by Crippen LogP contribution is 2.33. The Kier molecular flexibility index (Phi) is 3.69. The number of ketones is 1. The van der Waals surface area contributed by atoms with Crippen LogP contribution in [-0.2, 0) is 6.18 Å². The van der Waals surface area contributed by atoms with Crippen molar-refractivity contribution in [3.63, 3.8) is 0 Å². The molecule has 0 N–H and O–H groups in total. The Morgan fingerprint density at radius 1 is 1.15 bits per heavy atom. The zero-order valence-electron chi connectivity index (χ0n) is 10.6. The van der Waals surface area contributed by atoms with E-state index in [1.807, 2.05) is 0 Å². The van der Waals surface area contributed by atoms with Crippen LogP contribution in [0.25, 0.3) is 0 Å². The average Bonchev–Trinajstić information content (AvgIpc) is 2.66. The van der Waals surface area contributed by atoms with E-state index in [2.05, 4.69) is 0 Å². The van der Waals surface area contributed by atoms with Crippen LogP contribution in [0.2, 0.25) is 0 Å². The molecule has 0 unspecified atom stereocenters. The summed E-state index contributed by atoms with van der Waals surface area (Å²) in [4.78, 5) is 13.8. The molecule has 1 heterocycles. The summed E-state index contributed by atoms with van der Waals surface area (Å²) in [6.07, 6.45) is -4.82. The van der Waals surface area contributed by atoms with Gasteiger partial charge in [0.25, 0.3) is 0 Å². The van der Waals surface area contributed by atoms with E-state index >= 15 is 0 Å². The lowest BCUT2D eigenvalue weighted by Gasteiger charge is -2.09. The summed E-state index contributed by atoms with van der Waals surface area (Å²) in [5.41, 5.74) is -1.24. The minimum Gasteiger partial charge on any atom is -0.289 e. The molecular formula is C14H10F4OS. The summed E-state index contributed by atoms with van der Waals surface area (Å²) in [7, 11) is 0. The van der Waals surface area contributed by atoms with E-state index in [4.69, 9.17) is 0 Å². The van der Waals surface area contributed by atoms with Crippen LogP contribution >= 0.6 is 11.3 Å². The van der Waals surface area contributed by atoms with E-state index in [9.17, 15) is 22.4 Å². The van der Waals surface area contributed by atoms with Gasteiger partial charge in [0.1, 0.15) is 5.82 Å². The van der Waals surface area contributed by atoms with Gasteiger partial charge in [0.15, 0.2) is 5.78 Å². The van der Waals surface area contributed by atoms with Gasteiger partial charge in [-0.15, -0.1) is 11.3 Å². The monoisotopic (exact) mass is 302 g/mol. The lowest BCUT2D eigenvalue weighted by molar-refractivity contribution is -0.140. The predicted molar refractivity (Wildman–Crippen MR) is 68.6 cm³/mol. The van der Waals surface area contributed by atoms with Crippen LogP contribution in [0.5, 0.6) is 0 Å². The molecule has 20 heavy (non-hydrogen) atoms. The van der Waals surface area contributed by atoms with Gasteiger partial charge in [0, 0.05) is 20.9 Å². The highest BCUT2D eigenvalue weighted by molar-refractivity contribution is 7.12. The number of rotatable bonds is 2. The number of hydrogen-bond acceptors (Lipinski definition) is 2. The Morgan fingerprint density at radius 2 is 1.80 bits per heavy atom. The van der Waals surface area contributed by atoms with Gasteiger partial charge in [0.2, 0.25) is 0 Å². The molecule has 0 bridgehead atoms. The van der Waals surface area contributed by atoms with E-state index in [1.54, 1.807) is 19.9 Å². The minimum atomic E-state index is -4.82. The first-order chi connectivity index (χ1) is 9.20. The van der Waals surface area contributed by atoms with Crippen molar-refractivity contribution in [2.45, 2.75) is 20.0 Å². The fraction of sp³-hybridized carbons (Fsp3) is 0.214. The van der Waals surface area contributed by atoms with E-state index in [-0.39, 0.29) is 5.56 Å². The summed E-state index contributed by atoms with van der Waals surface area (Å²) in [6, 6.07) is 3.92. The minimum absolute atomic E-state index is 0.167. The molecule has 0 saturated carbocycles. The van der Waals surface area contributed by atoms with Crippen LogP contribution in [-0.4, -0.2) is 5.78 Å². The predicted octanol–water partition coefficient (Wildman–Crippen LogP) is 4.75. The average molecular weight is 302 g/mol. The Labute approximate surface area is 116 Å². The van der Waals surface area contributed by atoms with Gasteiger partial charge in [-0.2, -0.15) is 13.2 Å². The normalized spacial score (nSPS) is 11.7. The molecule has 1 aromatic carbocycles. The van der Waals surface area contributed by atoms with Crippen molar-refractivity contribution >= 4 is 17.1 Å². The van der Waals surface area contributed by atoms with Crippen LogP contribution < -0.4 is 0 Å². The van der Waals surface area contributed by atoms with Crippen molar-refractivity contribution in [3.8, 4) is 0 Å².